The molecule has 4 rings (SSSR count). The molecule has 3 aromatic rings. The third-order valence-electron chi connectivity index (χ3n) is 5.16. The van der Waals surface area contributed by atoms with Crippen LogP contribution in [0.3, 0.4) is 0 Å². The van der Waals surface area contributed by atoms with Gasteiger partial charge < -0.3 is 19.0 Å². The van der Waals surface area contributed by atoms with Crippen molar-refractivity contribution in [2.75, 3.05) is 12.0 Å². The molecule has 1 N–H and O–H groups in total. The van der Waals surface area contributed by atoms with Gasteiger partial charge in [0.2, 0.25) is 0 Å². The number of ketones is 1. The SMILES string of the molecule is COc1ccc(Cl)cc1/C(O)=C1/C(=O)C(=O)N(c2ccc(OC(C)C)cc2)C1c1ccco1. The molecular weight excluding hydrogens is 446 g/mol. The maximum atomic E-state index is 13.2. The van der Waals surface area contributed by atoms with Crippen LogP contribution in [-0.4, -0.2) is 30.0 Å². The van der Waals surface area contributed by atoms with E-state index < -0.39 is 23.5 Å². The van der Waals surface area contributed by atoms with Crippen LogP contribution in [0.5, 0.6) is 11.5 Å². The summed E-state index contributed by atoms with van der Waals surface area (Å²) in [5, 5.41) is 11.5. The molecule has 2 aromatic carbocycles. The number of anilines is 1. The Labute approximate surface area is 195 Å². The van der Waals surface area contributed by atoms with E-state index in [1.165, 1.54) is 24.3 Å². The van der Waals surface area contributed by atoms with Crippen molar-refractivity contribution in [3.05, 3.63) is 82.8 Å². The third-order valence-corrected chi connectivity index (χ3v) is 5.40. The van der Waals surface area contributed by atoms with Gasteiger partial charge in [-0.05, 0) is 68.4 Å². The molecule has 0 radical (unpaired) electrons. The monoisotopic (exact) mass is 467 g/mol. The minimum atomic E-state index is -0.986. The molecular formula is C25H22ClNO6. The van der Waals surface area contributed by atoms with Crippen molar-refractivity contribution >= 4 is 34.7 Å². The molecule has 2 heterocycles. The van der Waals surface area contributed by atoms with Gasteiger partial charge in [-0.3, -0.25) is 14.5 Å². The zero-order valence-corrected chi connectivity index (χ0v) is 19.0. The van der Waals surface area contributed by atoms with Crippen LogP contribution in [0.2, 0.25) is 5.02 Å². The summed E-state index contributed by atoms with van der Waals surface area (Å²) in [7, 11) is 1.43. The van der Waals surface area contributed by atoms with Gasteiger partial charge in [0.15, 0.2) is 0 Å². The van der Waals surface area contributed by atoms with E-state index in [0.29, 0.717) is 28.0 Å². The quantitative estimate of drug-likeness (QED) is 0.298. The fourth-order valence-corrected chi connectivity index (χ4v) is 3.95. The van der Waals surface area contributed by atoms with E-state index >= 15 is 0 Å². The first-order valence-corrected chi connectivity index (χ1v) is 10.6. The molecule has 7 nitrogen and oxygen atoms in total. The van der Waals surface area contributed by atoms with Crippen molar-refractivity contribution in [1.29, 1.82) is 0 Å². The number of ether oxygens (including phenoxy) is 2. The summed E-state index contributed by atoms with van der Waals surface area (Å²) in [6.07, 6.45) is 1.43. The van der Waals surface area contributed by atoms with Crippen LogP contribution < -0.4 is 14.4 Å². The van der Waals surface area contributed by atoms with Crippen molar-refractivity contribution in [1.82, 2.24) is 0 Å². The van der Waals surface area contributed by atoms with Gasteiger partial charge in [0, 0.05) is 10.7 Å². The van der Waals surface area contributed by atoms with Crippen LogP contribution >= 0.6 is 11.6 Å². The summed E-state index contributed by atoms with van der Waals surface area (Å²) in [5.74, 6) is -0.800. The van der Waals surface area contributed by atoms with Gasteiger partial charge in [-0.2, -0.15) is 0 Å². The number of Topliss-reactive ketones (excluding diaryl/α,β-unsaturated/α-hetero) is 1. The van der Waals surface area contributed by atoms with Crippen molar-refractivity contribution in [2.45, 2.75) is 26.0 Å². The Morgan fingerprint density at radius 2 is 1.85 bits per heavy atom. The van der Waals surface area contributed by atoms with Crippen LogP contribution in [0.1, 0.15) is 31.2 Å². The highest BCUT2D eigenvalue weighted by Crippen LogP contribution is 2.44. The van der Waals surface area contributed by atoms with Gasteiger partial charge in [0.1, 0.15) is 29.1 Å². The second-order valence-electron chi connectivity index (χ2n) is 7.69. The zero-order valence-electron chi connectivity index (χ0n) is 18.2. The Bertz CT molecular complexity index is 1210. The lowest BCUT2D eigenvalue weighted by molar-refractivity contribution is -0.132. The summed E-state index contributed by atoms with van der Waals surface area (Å²) in [5.41, 5.74) is 0.518. The van der Waals surface area contributed by atoms with Gasteiger partial charge >= 0.3 is 0 Å². The molecule has 1 aliphatic rings. The molecule has 1 unspecified atom stereocenters. The van der Waals surface area contributed by atoms with E-state index in [0.717, 1.165) is 0 Å². The standard InChI is InChI=1S/C25H22ClNO6/c1-14(2)33-17-9-7-16(8-10-17)27-22(20-5-4-12-32-20)21(24(29)25(27)30)23(28)18-13-15(26)6-11-19(18)31-3/h4-14,22,28H,1-3H3/b23-21-. The number of methoxy groups -OCH3 is 1. The number of amides is 1. The second kappa shape index (κ2) is 9.03. The molecule has 1 aromatic heterocycles. The number of aliphatic hydroxyl groups excluding tert-OH is 1. The van der Waals surface area contributed by atoms with Crippen molar-refractivity contribution < 1.29 is 28.6 Å². The molecule has 1 amide bonds. The number of nitrogens with zero attached hydrogens (tertiary/aromatic N) is 1. The summed E-state index contributed by atoms with van der Waals surface area (Å²) in [4.78, 5) is 27.6. The molecule has 33 heavy (non-hydrogen) atoms. The summed E-state index contributed by atoms with van der Waals surface area (Å²) >= 11 is 6.12. The van der Waals surface area contributed by atoms with Crippen LogP contribution in [0.4, 0.5) is 5.69 Å². The first-order chi connectivity index (χ1) is 15.8. The highest BCUT2D eigenvalue weighted by Gasteiger charge is 2.48. The lowest BCUT2D eigenvalue weighted by atomic mass is 9.98. The smallest absolute Gasteiger partial charge is 0.300 e. The molecule has 1 atom stereocenters. The lowest BCUT2D eigenvalue weighted by Gasteiger charge is -2.24. The third kappa shape index (κ3) is 4.19. The number of hydrogen-bond donors (Lipinski definition) is 1. The second-order valence-corrected chi connectivity index (χ2v) is 8.13. The van der Waals surface area contributed by atoms with Crippen molar-refractivity contribution in [2.24, 2.45) is 0 Å². The van der Waals surface area contributed by atoms with Gasteiger partial charge in [-0.1, -0.05) is 11.6 Å². The van der Waals surface area contributed by atoms with Gasteiger partial charge in [-0.25, -0.2) is 0 Å². The minimum absolute atomic E-state index is 0.0131. The van der Waals surface area contributed by atoms with Crippen molar-refractivity contribution in [3.8, 4) is 11.5 Å². The summed E-state index contributed by atoms with van der Waals surface area (Å²) < 4.78 is 16.6. The van der Waals surface area contributed by atoms with Crippen LogP contribution in [-0.2, 0) is 9.59 Å². The maximum absolute atomic E-state index is 13.2. The Kier molecular flexibility index (Phi) is 6.16. The summed E-state index contributed by atoms with van der Waals surface area (Å²) in [6, 6.07) is 13.7. The fourth-order valence-electron chi connectivity index (χ4n) is 3.78. The predicted octanol–water partition coefficient (Wildman–Crippen LogP) is 5.36. The Hall–Kier alpha value is -3.71. The average Bonchev–Trinajstić information content (AvgIpc) is 3.41. The molecule has 1 saturated heterocycles. The predicted molar refractivity (Wildman–Crippen MR) is 124 cm³/mol. The highest BCUT2D eigenvalue weighted by molar-refractivity contribution is 6.51. The Morgan fingerprint density at radius 3 is 2.45 bits per heavy atom. The fraction of sp³-hybridized carbons (Fsp3) is 0.200. The maximum Gasteiger partial charge on any atom is 0.300 e. The number of aliphatic hydroxyl groups is 1. The van der Waals surface area contributed by atoms with Gasteiger partial charge in [-0.15, -0.1) is 0 Å². The largest absolute Gasteiger partial charge is 0.507 e. The molecule has 0 saturated carbocycles. The minimum Gasteiger partial charge on any atom is -0.507 e. The van der Waals surface area contributed by atoms with E-state index in [9.17, 15) is 14.7 Å². The number of carbonyl (C=O) groups excluding carboxylic acids is 2. The average molecular weight is 468 g/mol. The molecule has 0 bridgehead atoms. The lowest BCUT2D eigenvalue weighted by Crippen LogP contribution is -2.29. The Morgan fingerprint density at radius 1 is 1.12 bits per heavy atom. The molecule has 1 fully saturated rings. The Balaban J connectivity index is 1.87. The number of rotatable bonds is 6. The molecule has 1 aliphatic heterocycles. The molecule has 8 heteroatoms. The normalized spacial score (nSPS) is 17.6. The number of carbonyl (C=O) groups is 2. The van der Waals surface area contributed by atoms with E-state index in [1.807, 2.05) is 13.8 Å². The molecule has 170 valence electrons. The highest BCUT2D eigenvalue weighted by atomic mass is 35.5. The van der Waals surface area contributed by atoms with E-state index in [2.05, 4.69) is 0 Å². The number of furan rings is 1. The number of halogens is 1. The number of benzene rings is 2. The van der Waals surface area contributed by atoms with Crippen molar-refractivity contribution in [3.63, 3.8) is 0 Å². The van der Waals surface area contributed by atoms with E-state index in [4.69, 9.17) is 25.5 Å². The van der Waals surface area contributed by atoms with Crippen LogP contribution in [0.25, 0.3) is 5.76 Å². The first-order valence-electron chi connectivity index (χ1n) is 10.3. The van der Waals surface area contributed by atoms with Gasteiger partial charge in [0.25, 0.3) is 11.7 Å². The first kappa shape index (κ1) is 22.5. The topological polar surface area (TPSA) is 89.2 Å². The molecule has 0 spiro atoms. The summed E-state index contributed by atoms with van der Waals surface area (Å²) in [6.45, 7) is 3.82. The van der Waals surface area contributed by atoms with Gasteiger partial charge in [0.05, 0.1) is 30.6 Å². The van der Waals surface area contributed by atoms with E-state index in [-0.39, 0.29) is 17.2 Å². The van der Waals surface area contributed by atoms with Crippen LogP contribution in [0.15, 0.2) is 70.9 Å². The number of hydrogen-bond acceptors (Lipinski definition) is 6. The van der Waals surface area contributed by atoms with Crippen LogP contribution in [0, 0.1) is 0 Å². The van der Waals surface area contributed by atoms with E-state index in [1.54, 1.807) is 48.5 Å². The zero-order chi connectivity index (χ0) is 23.7. The molecule has 0 aliphatic carbocycles.